The molecule has 27 heavy (non-hydrogen) atoms. The van der Waals surface area contributed by atoms with Crippen LogP contribution in [0.5, 0.6) is 0 Å². The van der Waals surface area contributed by atoms with E-state index in [1.807, 2.05) is 18.2 Å². The fourth-order valence-corrected chi connectivity index (χ4v) is 2.58. The van der Waals surface area contributed by atoms with E-state index in [4.69, 9.17) is 27.9 Å². The van der Waals surface area contributed by atoms with Crippen LogP contribution in [0.15, 0.2) is 53.6 Å². The van der Waals surface area contributed by atoms with Crippen LogP contribution in [0.2, 0.25) is 10.0 Å². The van der Waals surface area contributed by atoms with Crippen LogP contribution >= 0.6 is 23.2 Å². The first-order valence-electron chi connectivity index (χ1n) is 8.06. The van der Waals surface area contributed by atoms with Crippen molar-refractivity contribution in [2.75, 3.05) is 12.4 Å². The summed E-state index contributed by atoms with van der Waals surface area (Å²) in [6, 6.07) is 13.8. The summed E-state index contributed by atoms with van der Waals surface area (Å²) in [4.78, 5) is 24.3. The number of carbonyl (C=O) groups is 2. The standard InChI is InChI=1S/C19H19Cl2N3O3/c1-12(10-17(25)22-14-8-9-15(20)16(21)11-14)23-24-19(26)18(27-2)13-6-4-3-5-7-13/h3-9,11,18H,10H2,1-2H3,(H,22,25)(H,24,26)/b23-12-/t18-/m0/s1. The van der Waals surface area contributed by atoms with E-state index in [1.54, 1.807) is 37.3 Å². The Morgan fingerprint density at radius 2 is 1.81 bits per heavy atom. The molecule has 0 aliphatic heterocycles. The molecule has 2 N–H and O–H groups in total. The molecule has 0 saturated heterocycles. The molecule has 0 aromatic heterocycles. The first kappa shape index (κ1) is 20.9. The summed E-state index contributed by atoms with van der Waals surface area (Å²) >= 11 is 11.8. The Morgan fingerprint density at radius 3 is 2.44 bits per heavy atom. The third-order valence-corrected chi connectivity index (χ3v) is 4.29. The van der Waals surface area contributed by atoms with E-state index < -0.39 is 12.0 Å². The van der Waals surface area contributed by atoms with Crippen LogP contribution in [0.25, 0.3) is 0 Å². The molecular weight excluding hydrogens is 389 g/mol. The molecule has 0 saturated carbocycles. The zero-order valence-corrected chi connectivity index (χ0v) is 16.3. The van der Waals surface area contributed by atoms with Crippen LogP contribution in [0.1, 0.15) is 25.0 Å². The summed E-state index contributed by atoms with van der Waals surface area (Å²) in [5.41, 5.74) is 4.09. The van der Waals surface area contributed by atoms with Crippen molar-refractivity contribution >= 4 is 46.4 Å². The molecule has 0 heterocycles. The number of carbonyl (C=O) groups excluding carboxylic acids is 2. The molecule has 0 aliphatic carbocycles. The van der Waals surface area contributed by atoms with Crippen LogP contribution in [-0.2, 0) is 14.3 Å². The second kappa shape index (κ2) is 10.1. The second-order valence-electron chi connectivity index (χ2n) is 5.70. The number of hydrogen-bond acceptors (Lipinski definition) is 4. The zero-order valence-electron chi connectivity index (χ0n) is 14.8. The van der Waals surface area contributed by atoms with Crippen LogP contribution in [0.3, 0.4) is 0 Å². The summed E-state index contributed by atoms with van der Waals surface area (Å²) in [5.74, 6) is -0.719. The number of nitrogens with zero attached hydrogens (tertiary/aromatic N) is 1. The van der Waals surface area contributed by atoms with Crippen molar-refractivity contribution in [3.05, 3.63) is 64.1 Å². The number of methoxy groups -OCH3 is 1. The number of nitrogens with one attached hydrogen (secondary N) is 2. The molecule has 0 aliphatic rings. The number of anilines is 1. The highest BCUT2D eigenvalue weighted by Gasteiger charge is 2.19. The molecule has 142 valence electrons. The Bertz CT molecular complexity index is 841. The van der Waals surface area contributed by atoms with E-state index >= 15 is 0 Å². The molecule has 2 aromatic carbocycles. The lowest BCUT2D eigenvalue weighted by molar-refractivity contribution is -0.131. The highest BCUT2D eigenvalue weighted by Crippen LogP contribution is 2.25. The van der Waals surface area contributed by atoms with Crippen molar-refractivity contribution in [2.24, 2.45) is 5.10 Å². The molecule has 2 aromatic rings. The lowest BCUT2D eigenvalue weighted by Crippen LogP contribution is -2.28. The molecule has 2 amide bonds. The van der Waals surface area contributed by atoms with Crippen molar-refractivity contribution in [3.63, 3.8) is 0 Å². The molecule has 0 bridgehead atoms. The highest BCUT2D eigenvalue weighted by atomic mass is 35.5. The zero-order chi connectivity index (χ0) is 19.8. The van der Waals surface area contributed by atoms with Gasteiger partial charge in [0.05, 0.1) is 16.5 Å². The summed E-state index contributed by atoms with van der Waals surface area (Å²) in [6.07, 6.45) is -0.781. The minimum atomic E-state index is -0.784. The number of halogens is 2. The molecule has 0 unspecified atom stereocenters. The SMILES string of the molecule is CO[C@H](C(=O)N/N=C(/C)CC(=O)Nc1ccc(Cl)c(Cl)c1)c1ccccc1. The predicted molar refractivity (Wildman–Crippen MR) is 107 cm³/mol. The van der Waals surface area contributed by atoms with Gasteiger partial charge in [-0.2, -0.15) is 5.10 Å². The minimum Gasteiger partial charge on any atom is -0.367 e. The summed E-state index contributed by atoms with van der Waals surface area (Å²) < 4.78 is 5.23. The van der Waals surface area contributed by atoms with Gasteiger partial charge in [-0.15, -0.1) is 0 Å². The van der Waals surface area contributed by atoms with E-state index in [1.165, 1.54) is 7.11 Å². The maximum Gasteiger partial charge on any atom is 0.273 e. The molecular formula is C19H19Cl2N3O3. The molecule has 0 fully saturated rings. The third-order valence-electron chi connectivity index (χ3n) is 3.55. The van der Waals surface area contributed by atoms with Gasteiger partial charge in [0, 0.05) is 18.5 Å². The lowest BCUT2D eigenvalue weighted by Gasteiger charge is -2.14. The van der Waals surface area contributed by atoms with E-state index in [0.29, 0.717) is 27.0 Å². The summed E-state index contributed by atoms with van der Waals surface area (Å²) in [7, 11) is 1.44. The average Bonchev–Trinajstić information content (AvgIpc) is 2.64. The summed E-state index contributed by atoms with van der Waals surface area (Å²) in [6.45, 7) is 1.64. The van der Waals surface area contributed by atoms with Crippen LogP contribution in [0.4, 0.5) is 5.69 Å². The number of amides is 2. The lowest BCUT2D eigenvalue weighted by atomic mass is 10.1. The number of benzene rings is 2. The van der Waals surface area contributed by atoms with E-state index in [0.717, 1.165) is 0 Å². The molecule has 2 rings (SSSR count). The fourth-order valence-electron chi connectivity index (χ4n) is 2.28. The highest BCUT2D eigenvalue weighted by molar-refractivity contribution is 6.42. The third kappa shape index (κ3) is 6.36. The topological polar surface area (TPSA) is 79.8 Å². The first-order valence-corrected chi connectivity index (χ1v) is 8.82. The van der Waals surface area contributed by atoms with Gasteiger partial charge >= 0.3 is 0 Å². The van der Waals surface area contributed by atoms with Crippen LogP contribution in [0, 0.1) is 0 Å². The number of ether oxygens (including phenoxy) is 1. The van der Waals surface area contributed by atoms with Gasteiger partial charge in [0.1, 0.15) is 0 Å². The van der Waals surface area contributed by atoms with Crippen LogP contribution < -0.4 is 10.7 Å². The Labute approximate surface area is 167 Å². The quantitative estimate of drug-likeness (QED) is 0.532. The maximum absolute atomic E-state index is 12.3. The Hall–Kier alpha value is -2.41. The van der Waals surface area contributed by atoms with Crippen molar-refractivity contribution < 1.29 is 14.3 Å². The van der Waals surface area contributed by atoms with Gasteiger partial charge in [-0.25, -0.2) is 5.43 Å². The van der Waals surface area contributed by atoms with Gasteiger partial charge in [0.2, 0.25) is 5.91 Å². The minimum absolute atomic E-state index is 0.00348. The van der Waals surface area contributed by atoms with Gasteiger partial charge in [0.25, 0.3) is 5.91 Å². The van der Waals surface area contributed by atoms with E-state index in [2.05, 4.69) is 15.8 Å². The smallest absolute Gasteiger partial charge is 0.273 e. The fraction of sp³-hybridized carbons (Fsp3) is 0.211. The van der Waals surface area contributed by atoms with Crippen molar-refractivity contribution in [1.82, 2.24) is 5.43 Å². The number of hydrogen-bond donors (Lipinski definition) is 2. The van der Waals surface area contributed by atoms with Gasteiger partial charge in [-0.05, 0) is 30.7 Å². The van der Waals surface area contributed by atoms with Crippen LogP contribution in [-0.4, -0.2) is 24.6 Å². The van der Waals surface area contributed by atoms with E-state index in [-0.39, 0.29) is 12.3 Å². The molecule has 8 heteroatoms. The van der Waals surface area contributed by atoms with Gasteiger partial charge < -0.3 is 10.1 Å². The molecule has 0 spiro atoms. The molecule has 0 radical (unpaired) electrons. The number of hydrazone groups is 1. The Balaban J connectivity index is 1.91. The summed E-state index contributed by atoms with van der Waals surface area (Å²) in [5, 5.41) is 7.40. The predicted octanol–water partition coefficient (Wildman–Crippen LogP) is 4.20. The molecule has 1 atom stereocenters. The van der Waals surface area contributed by atoms with Crippen molar-refractivity contribution in [3.8, 4) is 0 Å². The first-order chi connectivity index (χ1) is 12.9. The number of rotatable bonds is 7. The monoisotopic (exact) mass is 407 g/mol. The average molecular weight is 408 g/mol. The van der Waals surface area contributed by atoms with Gasteiger partial charge in [-0.3, -0.25) is 9.59 Å². The van der Waals surface area contributed by atoms with Gasteiger partial charge in [0.15, 0.2) is 6.10 Å². The maximum atomic E-state index is 12.3. The second-order valence-corrected chi connectivity index (χ2v) is 6.52. The van der Waals surface area contributed by atoms with E-state index in [9.17, 15) is 9.59 Å². The van der Waals surface area contributed by atoms with Crippen molar-refractivity contribution in [2.45, 2.75) is 19.4 Å². The Morgan fingerprint density at radius 1 is 1.11 bits per heavy atom. The Kier molecular flexibility index (Phi) is 7.79. The van der Waals surface area contributed by atoms with Gasteiger partial charge in [-0.1, -0.05) is 53.5 Å². The van der Waals surface area contributed by atoms with Crippen molar-refractivity contribution in [1.29, 1.82) is 0 Å². The molecule has 6 nitrogen and oxygen atoms in total. The largest absolute Gasteiger partial charge is 0.367 e. The normalized spacial score (nSPS) is 12.4.